The third kappa shape index (κ3) is 59.0. The number of aliphatic carboxylic acids is 13. The van der Waals surface area contributed by atoms with Crippen molar-refractivity contribution in [3.8, 4) is 23.0 Å². The molecule has 0 saturated heterocycles. The summed E-state index contributed by atoms with van der Waals surface area (Å²) in [5.41, 5.74) is 3.97. The molecule has 0 aromatic heterocycles. The number of unbranched alkanes of at least 4 members (excludes halogenated alkanes) is 3. The number of aromatic hydroxyl groups is 4. The third-order valence-electron chi connectivity index (χ3n) is 16.4. The number of carboxylic acid groups (broad SMARTS) is 15. The molecular weight excluding hydrogens is 1780 g/mol. The highest BCUT2D eigenvalue weighted by Gasteiger charge is 2.51. The number of phenols is 4. The molecule has 3 unspecified atom stereocenters. The number of alkyl halides is 6. The zero-order valence-electron chi connectivity index (χ0n) is 71.7. The Kier molecular flexibility index (Phi) is 60.3. The standard InChI is InChI=1S/C19H22N2O6.C12H21NO6.C11H18N2O8.2C8H8O3.C7H12N2O6.C7H14N2O4.C6H4F6O2/c1-21(17(19(26)27)13-7-3-5-9-15(13)23)11-10-20-16(18(24)25)12-6-2-4-8-14(12)22;1-2-3-4-5-6-9(12(18)19)13(7-10(14)15)8-11(16)17;1-13(6-10(18)19,7-11(20)21)3-2-12(4-8(14)15)5-9(16)17;2*1-5-2-3-7(9)6(4-5)8(10)11;1-15-8-5(10)2-9(3-6(11)12)4-7(13)14;1-9(5-7(12)13)3-2-8-4-6(10)11;1-2(3(13)5(7,8)9)4(14)6(10,11)12/h2-9,16-17,20,22-23H,10-11H2,1H3,(H,24,25)(H,26,27);9H,2-8H2,1H3,(H,14,15)(H,16,17)(H,18,19);2-7H2,1H3,(H3-,14,15,16,17,18,19,20,21);2*2-4,9H,1H3,(H,10,11);2-4H2,1H3,(H,8,10)(H,11,12)(H,13,14);8H,2-5H2,1H3,(H,10,11)(H,12,13);2H,1H3/p+1. The van der Waals surface area contributed by atoms with Crippen LogP contribution in [0.4, 0.5) is 26.3 Å². The topological polar surface area (TPSA) is 753 Å². The van der Waals surface area contributed by atoms with Crippen molar-refractivity contribution in [2.45, 2.75) is 90.3 Å². The van der Waals surface area contributed by atoms with Gasteiger partial charge in [0.25, 0.3) is 5.91 Å². The van der Waals surface area contributed by atoms with E-state index in [0.29, 0.717) is 19.5 Å². The Labute approximate surface area is 741 Å². The molecule has 0 bridgehead atoms. The molecule has 0 saturated carbocycles. The lowest BCUT2D eigenvalue weighted by molar-refractivity contribution is -0.894. The van der Waals surface area contributed by atoms with Crippen molar-refractivity contribution in [3.63, 3.8) is 0 Å². The molecule has 0 spiro atoms. The Balaban J connectivity index is -0.000000717. The number of nitrogens with zero attached hydrogens (tertiary/aromatic N) is 6. The smallest absolute Gasteiger partial charge is 0.450 e. The number of hydrogen-bond donors (Lipinski definition) is 22. The van der Waals surface area contributed by atoms with E-state index in [-0.39, 0.29) is 109 Å². The predicted molar refractivity (Wildman–Crippen MR) is 436 cm³/mol. The van der Waals surface area contributed by atoms with Gasteiger partial charge in [0, 0.05) is 43.9 Å². The average molecular weight is 1890 g/mol. The number of carboxylic acids is 15. The number of phenolic OH excluding ortho intramolecular Hbond substituents is 2. The van der Waals surface area contributed by atoms with E-state index in [9.17, 15) is 133 Å². The first-order valence-corrected chi connectivity index (χ1v) is 37.8. The van der Waals surface area contributed by atoms with Crippen LogP contribution in [0.2, 0.25) is 0 Å². The summed E-state index contributed by atoms with van der Waals surface area (Å²) >= 11 is 0. The number of likely N-dealkylation sites (N-methyl/N-ethyl adjacent to an activating group) is 3. The number of carbonyl (C=O) groups excluding carboxylic acids is 3. The van der Waals surface area contributed by atoms with Crippen LogP contribution in [0.15, 0.2) is 84.9 Å². The summed E-state index contributed by atoms with van der Waals surface area (Å²) in [7, 11) is 5.86. The lowest BCUT2D eigenvalue weighted by Crippen LogP contribution is -2.54. The molecule has 53 heteroatoms. The van der Waals surface area contributed by atoms with E-state index in [1.165, 1.54) is 67.6 Å². The van der Waals surface area contributed by atoms with Crippen LogP contribution < -0.4 is 16.1 Å². The molecule has 131 heavy (non-hydrogen) atoms. The predicted octanol–water partition coefficient (Wildman–Crippen LogP) is 2.02. The van der Waals surface area contributed by atoms with Crippen LogP contribution in [-0.4, -0.2) is 391 Å². The van der Waals surface area contributed by atoms with Gasteiger partial charge in [0.1, 0.15) is 52.3 Å². The van der Waals surface area contributed by atoms with Crippen LogP contribution in [0, 0.1) is 19.8 Å². The Hall–Kier alpha value is -13.8. The molecule has 734 valence electrons. The number of hydrogen-bond acceptors (Lipinski definition) is 30. The first-order valence-electron chi connectivity index (χ1n) is 37.8. The second-order valence-electron chi connectivity index (χ2n) is 27.9. The number of nitrogens with one attached hydrogen (secondary N) is 3. The van der Waals surface area contributed by atoms with Gasteiger partial charge in [-0.15, -0.1) is 0 Å². The largest absolute Gasteiger partial charge is 0.508 e. The maximum atomic E-state index is 11.7. The second-order valence-corrected chi connectivity index (χ2v) is 27.9. The molecule has 1 amide bonds. The number of quaternary nitrogens is 1. The van der Waals surface area contributed by atoms with E-state index >= 15 is 0 Å². The van der Waals surface area contributed by atoms with Crippen LogP contribution in [0.5, 0.6) is 23.0 Å². The lowest BCUT2D eigenvalue weighted by atomic mass is 10.0. The normalized spacial score (nSPS) is 11.5. The van der Waals surface area contributed by atoms with Crippen molar-refractivity contribution in [2.75, 3.05) is 140 Å². The van der Waals surface area contributed by atoms with E-state index in [2.05, 4.69) is 15.5 Å². The summed E-state index contributed by atoms with van der Waals surface area (Å²) in [6.07, 6.45) is -7.12. The first-order chi connectivity index (χ1) is 60.4. The molecule has 4 aromatic rings. The Morgan fingerprint density at radius 2 is 0.855 bits per heavy atom. The molecule has 4 rings (SSSR count). The summed E-state index contributed by atoms with van der Waals surface area (Å²) in [6.45, 7) is 2.45. The summed E-state index contributed by atoms with van der Waals surface area (Å²) in [6, 6.07) is 17.9. The Morgan fingerprint density at radius 1 is 0.450 bits per heavy atom. The molecule has 0 aliphatic rings. The summed E-state index contributed by atoms with van der Waals surface area (Å²) in [5, 5.41) is 174. The number of benzene rings is 4. The molecule has 0 fully saturated rings. The van der Waals surface area contributed by atoms with Crippen LogP contribution >= 0.6 is 0 Å². The van der Waals surface area contributed by atoms with Gasteiger partial charge in [-0.25, -0.2) is 24.7 Å². The molecule has 0 aliphatic heterocycles. The fraction of sp³-hybridized carbons (Fsp3) is 0.462. The SMILES string of the molecule is CC(C(=O)C(F)(F)F)C(=O)C(F)(F)F.CCCCCCC(C(=O)O)N(CC(=O)O)CC(=O)O.CN(CCNC(C(=O)O)c1ccccc1O)C(C(=O)O)c1ccccc1O.CN(CCNCC(=O)O)CC(=O)O.CONC(=O)CN(CC(=O)O)CC(=O)O.C[N+](CCN(CC(=O)O)CC(=O)O)(CC(=O)O)CC(=O)O.Cc1ccc(O)c(C(=O)O)c1.Cc1ccc(O)c(C(=O)O)c1. The fourth-order valence-electron chi connectivity index (χ4n) is 10.5. The van der Waals surface area contributed by atoms with Gasteiger partial charge in [-0.3, -0.25) is 102 Å². The quantitative estimate of drug-likeness (QED) is 0.00988. The van der Waals surface area contributed by atoms with Gasteiger partial charge in [0.05, 0.1) is 85.5 Å². The number of halogens is 6. The van der Waals surface area contributed by atoms with E-state index in [4.69, 9.17) is 76.6 Å². The number of Topliss-reactive ketones (excluding diaryl/α,β-unsaturated/α-hetero) is 2. The number of para-hydroxylation sites is 2. The molecule has 4 aromatic carbocycles. The van der Waals surface area contributed by atoms with Gasteiger partial charge in [-0.1, -0.05) is 92.3 Å². The van der Waals surface area contributed by atoms with Crippen LogP contribution in [-0.2, 0) is 81.6 Å². The lowest BCUT2D eigenvalue weighted by Gasteiger charge is -2.33. The van der Waals surface area contributed by atoms with Crippen molar-refractivity contribution in [1.82, 2.24) is 40.6 Å². The van der Waals surface area contributed by atoms with Gasteiger partial charge < -0.3 is 107 Å². The first kappa shape index (κ1) is 123. The van der Waals surface area contributed by atoms with E-state index < -0.39 is 196 Å². The van der Waals surface area contributed by atoms with Gasteiger partial charge in [-0.2, -0.15) is 26.3 Å². The molecular formula is C78H108F6N9O38+. The maximum Gasteiger partial charge on any atom is 0.450 e. The number of ketones is 2. The molecule has 0 radical (unpaired) electrons. The maximum absolute atomic E-state index is 11.7. The molecule has 22 N–H and O–H groups in total. The minimum Gasteiger partial charge on any atom is -0.508 e. The van der Waals surface area contributed by atoms with Gasteiger partial charge in [-0.05, 0) is 77.7 Å². The van der Waals surface area contributed by atoms with E-state index in [0.717, 1.165) is 45.1 Å². The van der Waals surface area contributed by atoms with Crippen molar-refractivity contribution in [1.29, 1.82) is 0 Å². The monoisotopic (exact) mass is 1890 g/mol. The Bertz CT molecular complexity index is 4270. The minimum absolute atomic E-state index is 0.000833. The molecule has 47 nitrogen and oxygen atoms in total. The zero-order chi connectivity index (χ0) is 102. The fourth-order valence-corrected chi connectivity index (χ4v) is 10.5. The molecule has 3 atom stereocenters. The highest BCUT2D eigenvalue weighted by Crippen LogP contribution is 2.30. The van der Waals surface area contributed by atoms with Gasteiger partial charge >= 0.3 is 102 Å². The summed E-state index contributed by atoms with van der Waals surface area (Å²) in [4.78, 5) is 202. The average Bonchev–Trinajstić information content (AvgIpc) is 0.836. The summed E-state index contributed by atoms with van der Waals surface area (Å²) < 4.78 is 69.1. The highest BCUT2D eigenvalue weighted by molar-refractivity contribution is 6.06. The van der Waals surface area contributed by atoms with Gasteiger partial charge in [0.15, 0.2) is 13.1 Å². The van der Waals surface area contributed by atoms with E-state index in [1.54, 1.807) is 69.2 Å². The van der Waals surface area contributed by atoms with Crippen molar-refractivity contribution in [2.24, 2.45) is 5.92 Å². The highest BCUT2D eigenvalue weighted by atomic mass is 19.4. The zero-order valence-corrected chi connectivity index (χ0v) is 71.7. The second kappa shape index (κ2) is 64.0. The number of rotatable bonds is 49. The van der Waals surface area contributed by atoms with Crippen LogP contribution in [0.25, 0.3) is 0 Å². The Morgan fingerprint density at radius 3 is 1.19 bits per heavy atom. The number of amides is 1. The third-order valence-corrected chi connectivity index (χ3v) is 16.4. The van der Waals surface area contributed by atoms with Crippen LogP contribution in [0.1, 0.15) is 101 Å². The minimum atomic E-state index is -5.43. The van der Waals surface area contributed by atoms with E-state index in [1.807, 2.05) is 12.4 Å². The number of hydroxylamine groups is 1. The number of carbonyl (C=O) groups is 18. The number of aromatic carboxylic acids is 2. The van der Waals surface area contributed by atoms with Crippen molar-refractivity contribution < 1.29 is 219 Å². The summed E-state index contributed by atoms with van der Waals surface area (Å²) in [5.74, 6) is -26.6. The van der Waals surface area contributed by atoms with Crippen molar-refractivity contribution >= 4 is 107 Å². The van der Waals surface area contributed by atoms with Crippen molar-refractivity contribution in [3.05, 3.63) is 118 Å². The van der Waals surface area contributed by atoms with Gasteiger partial charge in [0.2, 0.25) is 11.6 Å². The molecule has 0 heterocycles. The number of aryl methyl sites for hydroxylation is 2. The molecule has 0 aliphatic carbocycles. The van der Waals surface area contributed by atoms with Crippen LogP contribution in [0.3, 0.4) is 0 Å².